The van der Waals surface area contributed by atoms with Crippen LogP contribution in [0.15, 0.2) is 35.2 Å². The van der Waals surface area contributed by atoms with Gasteiger partial charge in [-0.15, -0.1) is 23.1 Å². The smallest absolute Gasteiger partial charge is 0.348 e. The number of rotatable bonds is 5. The molecule has 1 aliphatic carbocycles. The van der Waals surface area contributed by atoms with E-state index >= 15 is 0 Å². The molecule has 0 saturated heterocycles. The van der Waals surface area contributed by atoms with Crippen LogP contribution in [-0.2, 0) is 22.4 Å². The number of fused-ring (bicyclic) bond motifs is 1. The lowest BCUT2D eigenvalue weighted by Gasteiger charge is -2.16. The van der Waals surface area contributed by atoms with Gasteiger partial charge in [0, 0.05) is 15.5 Å². The highest BCUT2D eigenvalue weighted by Crippen LogP contribution is 2.32. The van der Waals surface area contributed by atoms with Gasteiger partial charge in [0.2, 0.25) is 0 Å². The van der Waals surface area contributed by atoms with Gasteiger partial charge in [0.15, 0.2) is 6.61 Å². The quantitative estimate of drug-likeness (QED) is 0.622. The highest BCUT2D eigenvalue weighted by Gasteiger charge is 2.21. The van der Waals surface area contributed by atoms with Crippen molar-refractivity contribution in [1.29, 1.82) is 0 Å². The third kappa shape index (κ3) is 4.64. The van der Waals surface area contributed by atoms with E-state index < -0.39 is 5.97 Å². The van der Waals surface area contributed by atoms with Gasteiger partial charge in [-0.3, -0.25) is 4.79 Å². The molecule has 0 fully saturated rings. The molecule has 1 amide bonds. The Morgan fingerprint density at radius 2 is 2.20 bits per heavy atom. The van der Waals surface area contributed by atoms with Crippen LogP contribution in [0.5, 0.6) is 0 Å². The molecular weight excluding hydrogens is 354 g/mol. The van der Waals surface area contributed by atoms with Gasteiger partial charge in [0.05, 0.1) is 0 Å². The third-order valence-corrected chi connectivity index (χ3v) is 6.16. The maximum Gasteiger partial charge on any atom is 0.348 e. The number of carbonyl (C=O) groups excluding carboxylic acids is 2. The van der Waals surface area contributed by atoms with Crippen LogP contribution >= 0.6 is 23.1 Å². The van der Waals surface area contributed by atoms with Gasteiger partial charge >= 0.3 is 5.97 Å². The summed E-state index contributed by atoms with van der Waals surface area (Å²) in [4.78, 5) is 27.1. The molecule has 1 heterocycles. The van der Waals surface area contributed by atoms with E-state index in [-0.39, 0.29) is 12.5 Å². The van der Waals surface area contributed by atoms with Crippen molar-refractivity contribution >= 4 is 40.7 Å². The molecule has 1 aliphatic rings. The molecule has 25 heavy (non-hydrogen) atoms. The van der Waals surface area contributed by atoms with Crippen molar-refractivity contribution in [3.8, 4) is 0 Å². The summed E-state index contributed by atoms with van der Waals surface area (Å²) < 4.78 is 5.18. The second kappa shape index (κ2) is 8.06. The molecule has 0 aliphatic heterocycles. The number of hydrogen-bond donors (Lipinski definition) is 1. The number of ether oxygens (including phenoxy) is 1. The van der Waals surface area contributed by atoms with Crippen LogP contribution in [0.1, 0.15) is 33.5 Å². The summed E-state index contributed by atoms with van der Waals surface area (Å²) in [7, 11) is 0. The lowest BCUT2D eigenvalue weighted by Crippen LogP contribution is -2.20. The van der Waals surface area contributed by atoms with Crippen LogP contribution in [0.4, 0.5) is 5.69 Å². The van der Waals surface area contributed by atoms with Gasteiger partial charge in [0.1, 0.15) is 4.88 Å². The van der Waals surface area contributed by atoms with Crippen molar-refractivity contribution in [2.75, 3.05) is 18.2 Å². The zero-order valence-corrected chi connectivity index (χ0v) is 16.0. The van der Waals surface area contributed by atoms with Crippen molar-refractivity contribution in [3.05, 3.63) is 45.6 Å². The second-order valence-corrected chi connectivity index (χ2v) is 8.28. The van der Waals surface area contributed by atoms with Crippen molar-refractivity contribution in [1.82, 2.24) is 0 Å². The summed E-state index contributed by atoms with van der Waals surface area (Å²) in [6.45, 7) is 1.95. The number of aryl methyl sites for hydroxylation is 1. The van der Waals surface area contributed by atoms with E-state index in [0.717, 1.165) is 17.7 Å². The summed E-state index contributed by atoms with van der Waals surface area (Å²) >= 11 is 3.10. The molecule has 0 bridgehead atoms. The fourth-order valence-corrected chi connectivity index (χ4v) is 4.47. The molecule has 132 valence electrons. The Morgan fingerprint density at radius 3 is 3.00 bits per heavy atom. The minimum absolute atomic E-state index is 0.276. The van der Waals surface area contributed by atoms with Gasteiger partial charge < -0.3 is 10.1 Å². The summed E-state index contributed by atoms with van der Waals surface area (Å²) in [5.74, 6) is -0.0876. The van der Waals surface area contributed by atoms with Crippen LogP contribution in [0.3, 0.4) is 0 Å². The normalized spacial score (nSPS) is 16.2. The molecule has 1 aromatic carbocycles. The highest BCUT2D eigenvalue weighted by atomic mass is 32.2. The van der Waals surface area contributed by atoms with Crippen molar-refractivity contribution in [3.63, 3.8) is 0 Å². The van der Waals surface area contributed by atoms with Crippen LogP contribution in [0.2, 0.25) is 0 Å². The number of nitrogens with one attached hydrogen (secondary N) is 1. The van der Waals surface area contributed by atoms with Gasteiger partial charge in [-0.1, -0.05) is 13.0 Å². The van der Waals surface area contributed by atoms with Crippen LogP contribution in [0, 0.1) is 5.92 Å². The third-order valence-electron chi connectivity index (χ3n) is 4.22. The Hall–Kier alpha value is -1.79. The van der Waals surface area contributed by atoms with Crippen LogP contribution in [-0.4, -0.2) is 24.7 Å². The number of amides is 1. The molecule has 6 heteroatoms. The predicted molar refractivity (Wildman–Crippen MR) is 103 cm³/mol. The van der Waals surface area contributed by atoms with Gasteiger partial charge in [-0.25, -0.2) is 4.79 Å². The number of thiophene rings is 1. The number of carbonyl (C=O) groups is 2. The molecule has 0 radical (unpaired) electrons. The molecule has 0 unspecified atom stereocenters. The molecule has 1 aromatic heterocycles. The number of anilines is 1. The Labute approximate surface area is 156 Å². The number of thioether (sulfide) groups is 1. The zero-order chi connectivity index (χ0) is 17.8. The first-order valence-electron chi connectivity index (χ1n) is 8.27. The Kier molecular flexibility index (Phi) is 5.81. The largest absolute Gasteiger partial charge is 0.451 e. The van der Waals surface area contributed by atoms with Crippen molar-refractivity contribution in [2.45, 2.75) is 31.1 Å². The molecule has 0 saturated carbocycles. The average molecular weight is 376 g/mol. The lowest BCUT2D eigenvalue weighted by molar-refractivity contribution is -0.119. The molecule has 0 spiro atoms. The minimum Gasteiger partial charge on any atom is -0.451 e. The SMILES string of the molecule is CSc1cccc(NC(=O)COC(=O)c2cc3c(s2)CC[C@H](C)C3)c1. The van der Waals surface area contributed by atoms with Gasteiger partial charge in [-0.2, -0.15) is 0 Å². The first kappa shape index (κ1) is 18.0. The fourth-order valence-electron chi connectivity index (χ4n) is 2.91. The van der Waals surface area contributed by atoms with E-state index in [1.165, 1.54) is 28.2 Å². The maximum atomic E-state index is 12.2. The molecule has 1 atom stereocenters. The number of hydrogen-bond acceptors (Lipinski definition) is 5. The van der Waals surface area contributed by atoms with Crippen LogP contribution in [0.25, 0.3) is 0 Å². The summed E-state index contributed by atoms with van der Waals surface area (Å²) in [6.07, 6.45) is 5.19. The van der Waals surface area contributed by atoms with E-state index in [1.54, 1.807) is 11.8 Å². The lowest BCUT2D eigenvalue weighted by atomic mass is 9.90. The first-order chi connectivity index (χ1) is 12.0. The van der Waals surface area contributed by atoms with Crippen LogP contribution < -0.4 is 5.32 Å². The minimum atomic E-state index is -0.417. The standard InChI is InChI=1S/C19H21NO3S2/c1-12-6-7-16-13(8-12)9-17(25-16)19(22)23-11-18(21)20-14-4-3-5-15(10-14)24-2/h3-5,9-10,12H,6-8,11H2,1-2H3,(H,20,21)/t12-/m0/s1. The van der Waals surface area contributed by atoms with Crippen molar-refractivity contribution in [2.24, 2.45) is 5.92 Å². The van der Waals surface area contributed by atoms with Gasteiger partial charge in [-0.05, 0) is 61.3 Å². The van der Waals surface area contributed by atoms with E-state index in [4.69, 9.17) is 4.74 Å². The van der Waals surface area contributed by atoms with E-state index in [0.29, 0.717) is 16.5 Å². The summed E-state index contributed by atoms with van der Waals surface area (Å²) in [5, 5.41) is 2.75. The average Bonchev–Trinajstić information content (AvgIpc) is 3.03. The number of esters is 1. The highest BCUT2D eigenvalue weighted by molar-refractivity contribution is 7.98. The van der Waals surface area contributed by atoms with E-state index in [2.05, 4.69) is 12.2 Å². The first-order valence-corrected chi connectivity index (χ1v) is 10.3. The molecule has 4 nitrogen and oxygen atoms in total. The summed E-state index contributed by atoms with van der Waals surface area (Å²) in [5.41, 5.74) is 1.96. The summed E-state index contributed by atoms with van der Waals surface area (Å²) in [6, 6.07) is 9.48. The molecule has 2 aromatic rings. The Balaban J connectivity index is 1.54. The molecule has 1 N–H and O–H groups in total. The van der Waals surface area contributed by atoms with Gasteiger partial charge in [0.25, 0.3) is 5.91 Å². The Bertz CT molecular complexity index is 785. The zero-order valence-electron chi connectivity index (χ0n) is 14.3. The maximum absolute atomic E-state index is 12.2. The molecule has 3 rings (SSSR count). The second-order valence-electron chi connectivity index (χ2n) is 6.26. The molecular formula is C19H21NO3S2. The number of benzene rings is 1. The topological polar surface area (TPSA) is 55.4 Å². The monoisotopic (exact) mass is 375 g/mol. The Morgan fingerprint density at radius 1 is 1.36 bits per heavy atom. The van der Waals surface area contributed by atoms with E-state index in [1.807, 2.05) is 36.6 Å². The fraction of sp³-hybridized carbons (Fsp3) is 0.368. The van der Waals surface area contributed by atoms with E-state index in [9.17, 15) is 9.59 Å². The van der Waals surface area contributed by atoms with Crippen molar-refractivity contribution < 1.29 is 14.3 Å². The predicted octanol–water partition coefficient (Wildman–Crippen LogP) is 4.39.